The van der Waals surface area contributed by atoms with E-state index < -0.39 is 203 Å². The summed E-state index contributed by atoms with van der Waals surface area (Å²) in [7, 11) is -44.5. The Bertz CT molecular complexity index is 4080. The van der Waals surface area contributed by atoms with Gasteiger partial charge in [0.05, 0.1) is 63.1 Å². The summed E-state index contributed by atoms with van der Waals surface area (Å²) in [4.78, 5) is -6.42. The molecule has 0 heterocycles. The molecule has 0 radical (unpaired) electrons. The largest absolute Gasteiger partial charge is 0.397 e. The highest BCUT2D eigenvalue weighted by molar-refractivity contribution is 7.92. The third-order valence-electron chi connectivity index (χ3n) is 8.79. The van der Waals surface area contributed by atoms with Crippen LogP contribution in [-0.4, -0.2) is 147 Å². The lowest BCUT2D eigenvalue weighted by Gasteiger charge is -2.13. The number of anilines is 2. The Labute approximate surface area is 425 Å². The summed E-state index contributed by atoms with van der Waals surface area (Å²) in [5.74, 6) is -3.51. The molecule has 0 saturated carbocycles. The summed E-state index contributed by atoms with van der Waals surface area (Å²) in [6.45, 7) is -3.47. The fourth-order valence-electron chi connectivity index (χ4n) is 5.52. The van der Waals surface area contributed by atoms with Crippen molar-refractivity contribution in [2.24, 2.45) is 30.7 Å². The molecule has 0 aromatic heterocycles. The van der Waals surface area contributed by atoms with Crippen molar-refractivity contribution in [2.75, 3.05) is 55.2 Å². The molecule has 35 nitrogen and oxygen atoms in total. The summed E-state index contributed by atoms with van der Waals surface area (Å²) in [5.41, 5.74) is 0.653. The molecule has 414 valence electrons. The maximum atomic E-state index is 12.9. The Hall–Kier alpha value is -5.53. The van der Waals surface area contributed by atoms with E-state index in [0.717, 1.165) is 13.1 Å². The number of nitrogen functional groups attached to an aromatic ring is 1. The molecule has 0 saturated heterocycles. The minimum Gasteiger partial charge on any atom is -0.395 e. The van der Waals surface area contributed by atoms with Gasteiger partial charge in [0, 0.05) is 7.05 Å². The lowest BCUT2D eigenvalue weighted by atomic mass is 10.1. The Morgan fingerprint density at radius 1 is 0.413 bits per heavy atom. The number of hydrogen-bond donors (Lipinski definition) is 8. The summed E-state index contributed by atoms with van der Waals surface area (Å²) in [6.07, 6.45) is 0. The standard InChI is InChI=1S/C31H34N8O27S9/c1-33-30-25(38-35-22-6-3-19(15-27(22)71(49,50)51)68(42,43)12-9-65-74(58,59)60)17-24(37-34-21-5-2-18(14-26(21)70(46,47)48)67(40,41)11-8-64-73(55,56)57)29(32)31(30)39-36-23-7-4-20(16-28(23)72(52,53)54)69(44,45)13-10-66-75(61,62)63/h2-7,14-17,33H,8-13,32H2,1H3,(H,46,47,48)(H,49,50,51)(H,52,53,54)(H,55,56,57)(H,58,59,60)(H,61,62,63). The van der Waals surface area contributed by atoms with Crippen LogP contribution in [0.15, 0.2) is 121 Å². The van der Waals surface area contributed by atoms with Crippen LogP contribution >= 0.6 is 0 Å². The molecule has 0 bridgehead atoms. The van der Waals surface area contributed by atoms with E-state index in [9.17, 15) is 89.4 Å². The summed E-state index contributed by atoms with van der Waals surface area (Å²) in [6, 6.07) is 5.99. The first-order valence-corrected chi connectivity index (χ1v) is 32.2. The fourth-order valence-corrected chi connectivity index (χ4v) is 12.2. The number of nitrogens with one attached hydrogen (secondary N) is 1. The fraction of sp³-hybridized carbons (Fsp3) is 0.226. The van der Waals surface area contributed by atoms with Gasteiger partial charge in [-0.2, -0.15) is 50.5 Å². The third-order valence-corrected chi connectivity index (χ3v) is 17.9. The molecular formula is C31H34N8O27S9. The Kier molecular flexibility index (Phi) is 19.0. The third kappa shape index (κ3) is 17.8. The molecule has 0 aliphatic rings. The maximum Gasteiger partial charge on any atom is 0.397 e. The van der Waals surface area contributed by atoms with Crippen LogP contribution in [0.4, 0.5) is 45.5 Å². The van der Waals surface area contributed by atoms with Crippen LogP contribution in [0.25, 0.3) is 0 Å². The van der Waals surface area contributed by atoms with Gasteiger partial charge in [0.1, 0.15) is 48.8 Å². The molecule has 75 heavy (non-hydrogen) atoms. The minimum atomic E-state index is -5.46. The highest BCUT2D eigenvalue weighted by Crippen LogP contribution is 2.48. The average molecular weight is 1240 g/mol. The molecular weight excluding hydrogens is 1200 g/mol. The molecule has 0 aliphatic heterocycles. The van der Waals surface area contributed by atoms with Crippen molar-refractivity contribution in [2.45, 2.75) is 29.4 Å². The molecule has 0 aliphatic carbocycles. The van der Waals surface area contributed by atoms with Crippen LogP contribution in [0.3, 0.4) is 0 Å². The molecule has 0 spiro atoms. The molecule has 0 fully saturated rings. The molecule has 0 unspecified atom stereocenters. The van der Waals surface area contributed by atoms with Crippen molar-refractivity contribution in [3.05, 3.63) is 60.7 Å². The van der Waals surface area contributed by atoms with E-state index in [-0.39, 0.29) is 0 Å². The molecule has 44 heteroatoms. The Balaban J connectivity index is 1.99. The van der Waals surface area contributed by atoms with Gasteiger partial charge in [0.2, 0.25) is 0 Å². The quantitative estimate of drug-likeness (QED) is 0.0267. The SMILES string of the molecule is CNc1c(N=Nc2ccc(S(=O)(=O)CCOS(=O)(=O)O)cc2S(=O)(=O)O)cc(N=Nc2ccc(S(=O)(=O)CCOS(=O)(=O)O)cc2S(=O)(=O)O)c(N)c1N=Nc1ccc(S(=O)(=O)CCOS(=O)(=O)O)cc1S(=O)(=O)O. The van der Waals surface area contributed by atoms with E-state index >= 15 is 0 Å². The number of azo groups is 3. The van der Waals surface area contributed by atoms with E-state index in [0.29, 0.717) is 54.6 Å². The monoisotopic (exact) mass is 1240 g/mol. The number of benzene rings is 4. The zero-order valence-corrected chi connectivity index (χ0v) is 44.1. The molecule has 4 rings (SSSR count). The van der Waals surface area contributed by atoms with E-state index in [2.05, 4.69) is 48.6 Å². The number of hydrogen-bond acceptors (Lipinski definition) is 29. The van der Waals surface area contributed by atoms with Crippen LogP contribution < -0.4 is 11.1 Å². The van der Waals surface area contributed by atoms with Gasteiger partial charge in [-0.25, -0.2) is 37.8 Å². The second-order valence-corrected chi connectivity index (χ2v) is 27.7. The van der Waals surface area contributed by atoms with E-state index in [4.69, 9.17) is 19.4 Å². The van der Waals surface area contributed by atoms with Crippen LogP contribution in [0.1, 0.15) is 0 Å². The topological polar surface area (TPSA) is 569 Å². The van der Waals surface area contributed by atoms with E-state index in [1.54, 1.807) is 0 Å². The van der Waals surface area contributed by atoms with E-state index in [1.807, 2.05) is 0 Å². The first-order chi connectivity index (χ1) is 34.0. The zero-order valence-electron chi connectivity index (χ0n) is 36.7. The molecule has 4 aromatic rings. The number of nitrogens with zero attached hydrogens (tertiary/aromatic N) is 6. The van der Waals surface area contributed by atoms with Crippen LogP contribution in [0, 0.1) is 0 Å². The summed E-state index contributed by atoms with van der Waals surface area (Å²) in [5, 5.41) is 25.2. The average Bonchev–Trinajstić information content (AvgIpc) is 3.24. The lowest BCUT2D eigenvalue weighted by Crippen LogP contribution is -2.16. The minimum absolute atomic E-state index is 0.354. The van der Waals surface area contributed by atoms with Gasteiger partial charge >= 0.3 is 31.2 Å². The van der Waals surface area contributed by atoms with Crippen molar-refractivity contribution >= 4 is 137 Å². The number of rotatable bonds is 25. The van der Waals surface area contributed by atoms with Crippen molar-refractivity contribution < 1.29 is 116 Å². The molecule has 9 N–H and O–H groups in total. The van der Waals surface area contributed by atoms with Gasteiger partial charge in [0.15, 0.2) is 29.5 Å². The van der Waals surface area contributed by atoms with Crippen molar-refractivity contribution in [3.8, 4) is 0 Å². The second kappa shape index (κ2) is 23.0. The highest BCUT2D eigenvalue weighted by atomic mass is 32.3. The number of sulfone groups is 3. The van der Waals surface area contributed by atoms with Gasteiger partial charge in [0.25, 0.3) is 30.4 Å². The molecule has 4 aromatic carbocycles. The first-order valence-electron chi connectivity index (χ1n) is 18.8. The maximum absolute atomic E-state index is 12.9. The zero-order chi connectivity index (χ0) is 57.0. The van der Waals surface area contributed by atoms with Gasteiger partial charge in [-0.15, -0.1) is 30.7 Å². The Morgan fingerprint density at radius 2 is 0.693 bits per heavy atom. The van der Waals surface area contributed by atoms with Crippen molar-refractivity contribution in [3.63, 3.8) is 0 Å². The molecule has 0 atom stereocenters. The first kappa shape index (κ1) is 62.0. The van der Waals surface area contributed by atoms with Crippen molar-refractivity contribution in [1.82, 2.24) is 0 Å². The highest BCUT2D eigenvalue weighted by Gasteiger charge is 2.27. The van der Waals surface area contributed by atoms with Crippen molar-refractivity contribution in [1.29, 1.82) is 0 Å². The predicted molar refractivity (Wildman–Crippen MR) is 250 cm³/mol. The van der Waals surface area contributed by atoms with Gasteiger partial charge < -0.3 is 11.1 Å². The van der Waals surface area contributed by atoms with Crippen LogP contribution in [-0.2, 0) is 104 Å². The summed E-state index contributed by atoms with van der Waals surface area (Å²) >= 11 is 0. The summed E-state index contributed by atoms with van der Waals surface area (Å²) < 4.78 is 286. The van der Waals surface area contributed by atoms with E-state index in [1.165, 1.54) is 0 Å². The van der Waals surface area contributed by atoms with Crippen LogP contribution in [0.5, 0.6) is 0 Å². The lowest BCUT2D eigenvalue weighted by molar-refractivity contribution is 0.282. The second-order valence-electron chi connectivity index (χ2n) is 13.9. The van der Waals surface area contributed by atoms with Gasteiger partial charge in [-0.3, -0.25) is 27.3 Å². The predicted octanol–water partition coefficient (Wildman–Crippen LogP) is 2.08. The van der Waals surface area contributed by atoms with Gasteiger partial charge in [-0.1, -0.05) is 0 Å². The number of nitrogens with two attached hydrogens (primary N) is 1. The normalized spacial score (nSPS) is 13.8. The molecule has 0 amide bonds. The Morgan fingerprint density at radius 3 is 0.973 bits per heavy atom. The smallest absolute Gasteiger partial charge is 0.395 e. The van der Waals surface area contributed by atoms with Crippen LogP contribution in [0.2, 0.25) is 0 Å². The van der Waals surface area contributed by atoms with Gasteiger partial charge in [-0.05, 0) is 60.7 Å².